The third-order valence-corrected chi connectivity index (χ3v) is 2.66. The molecule has 1 aliphatic rings. The zero-order valence-corrected chi connectivity index (χ0v) is 7.47. The van der Waals surface area contributed by atoms with Crippen LogP contribution in [0.3, 0.4) is 0 Å². The maximum Gasteiger partial charge on any atom is 0.174 e. The lowest BCUT2D eigenvalue weighted by atomic mass is 10.4. The maximum atomic E-state index is 5.60. The van der Waals surface area contributed by atoms with E-state index in [-0.39, 0.29) is 0 Å². The number of pyridine rings is 1. The molecule has 2 aromatic rings. The normalized spacial score (nSPS) is 12.3. The SMILES string of the molecule is c1cnc2c(c1)Oc1ccsc1N2. The number of anilines is 2. The first-order chi connectivity index (χ1) is 6.43. The Kier molecular flexibility index (Phi) is 1.31. The monoisotopic (exact) mass is 190 g/mol. The molecule has 4 heteroatoms. The minimum absolute atomic E-state index is 0.786. The van der Waals surface area contributed by atoms with Gasteiger partial charge >= 0.3 is 0 Å². The van der Waals surface area contributed by atoms with E-state index in [1.54, 1.807) is 17.5 Å². The van der Waals surface area contributed by atoms with Gasteiger partial charge in [0.25, 0.3) is 0 Å². The lowest BCUT2D eigenvalue weighted by Gasteiger charge is -2.16. The first kappa shape index (κ1) is 6.91. The van der Waals surface area contributed by atoms with Gasteiger partial charge in [0.1, 0.15) is 5.00 Å². The van der Waals surface area contributed by atoms with Gasteiger partial charge in [0, 0.05) is 6.20 Å². The molecule has 3 nitrogen and oxygen atoms in total. The van der Waals surface area contributed by atoms with Crippen LogP contribution in [0, 0.1) is 0 Å². The molecule has 2 aromatic heterocycles. The second kappa shape index (κ2) is 2.47. The number of thiophene rings is 1. The van der Waals surface area contributed by atoms with Crippen LogP contribution in [-0.2, 0) is 0 Å². The number of hydrogen-bond donors (Lipinski definition) is 1. The Labute approximate surface area is 79.0 Å². The molecule has 3 heterocycles. The van der Waals surface area contributed by atoms with Crippen molar-refractivity contribution >= 4 is 22.2 Å². The summed E-state index contributed by atoms with van der Waals surface area (Å²) >= 11 is 1.61. The van der Waals surface area contributed by atoms with E-state index in [9.17, 15) is 0 Å². The lowest BCUT2D eigenvalue weighted by Crippen LogP contribution is -2.01. The summed E-state index contributed by atoms with van der Waals surface area (Å²) in [5.41, 5.74) is 0. The summed E-state index contributed by atoms with van der Waals surface area (Å²) in [5.74, 6) is 2.45. The quantitative estimate of drug-likeness (QED) is 0.591. The Balaban J connectivity index is 2.14. The highest BCUT2D eigenvalue weighted by Gasteiger charge is 2.17. The number of nitrogens with zero attached hydrogens (tertiary/aromatic N) is 1. The molecular formula is C9H6N2OS. The van der Waals surface area contributed by atoms with Crippen molar-refractivity contribution in [3.05, 3.63) is 29.8 Å². The number of aromatic nitrogens is 1. The Bertz CT molecular complexity index is 413. The molecular weight excluding hydrogens is 184 g/mol. The average molecular weight is 190 g/mol. The van der Waals surface area contributed by atoms with Crippen LogP contribution in [-0.4, -0.2) is 4.98 Å². The first-order valence-electron chi connectivity index (χ1n) is 3.91. The zero-order chi connectivity index (χ0) is 8.67. The molecule has 1 N–H and O–H groups in total. The van der Waals surface area contributed by atoms with Crippen LogP contribution in [0.1, 0.15) is 0 Å². The van der Waals surface area contributed by atoms with Crippen molar-refractivity contribution in [2.45, 2.75) is 0 Å². The lowest BCUT2D eigenvalue weighted by molar-refractivity contribution is 0.481. The smallest absolute Gasteiger partial charge is 0.174 e. The highest BCUT2D eigenvalue weighted by atomic mass is 32.1. The Morgan fingerprint density at radius 1 is 1.31 bits per heavy atom. The summed E-state index contributed by atoms with van der Waals surface area (Å²) in [5, 5.41) is 6.21. The van der Waals surface area contributed by atoms with E-state index in [1.807, 2.05) is 23.6 Å². The van der Waals surface area contributed by atoms with E-state index in [0.717, 1.165) is 22.3 Å². The van der Waals surface area contributed by atoms with E-state index in [4.69, 9.17) is 4.74 Å². The fourth-order valence-electron chi connectivity index (χ4n) is 1.26. The number of nitrogens with one attached hydrogen (secondary N) is 1. The Morgan fingerprint density at radius 2 is 2.31 bits per heavy atom. The Hall–Kier alpha value is -1.55. The molecule has 0 bridgehead atoms. The topological polar surface area (TPSA) is 34.1 Å². The summed E-state index contributed by atoms with van der Waals surface area (Å²) in [6, 6.07) is 5.71. The molecule has 0 saturated carbocycles. The van der Waals surface area contributed by atoms with Gasteiger partial charge in [-0.05, 0) is 23.6 Å². The van der Waals surface area contributed by atoms with Gasteiger partial charge in [-0.25, -0.2) is 4.98 Å². The fraction of sp³-hybridized carbons (Fsp3) is 0. The third kappa shape index (κ3) is 0.990. The molecule has 0 amide bonds. The van der Waals surface area contributed by atoms with Gasteiger partial charge in [0.2, 0.25) is 0 Å². The average Bonchev–Trinajstić information content (AvgIpc) is 2.61. The van der Waals surface area contributed by atoms with Crippen molar-refractivity contribution in [1.29, 1.82) is 0 Å². The van der Waals surface area contributed by atoms with Crippen molar-refractivity contribution in [3.63, 3.8) is 0 Å². The predicted molar refractivity (Wildman–Crippen MR) is 51.9 cm³/mol. The van der Waals surface area contributed by atoms with E-state index >= 15 is 0 Å². The summed E-state index contributed by atoms with van der Waals surface area (Å²) < 4.78 is 5.60. The van der Waals surface area contributed by atoms with Gasteiger partial charge in [0.05, 0.1) is 0 Å². The van der Waals surface area contributed by atoms with Gasteiger partial charge in [0.15, 0.2) is 17.3 Å². The molecule has 1 aliphatic heterocycles. The minimum Gasteiger partial charge on any atom is -0.450 e. The standard InChI is InChI=1S/C9H6N2OS/c1-2-6-8(10-4-1)11-9-7(12-6)3-5-13-9/h1-5H,(H,10,11). The van der Waals surface area contributed by atoms with Gasteiger partial charge in [-0.1, -0.05) is 0 Å². The van der Waals surface area contributed by atoms with Crippen LogP contribution in [0.25, 0.3) is 0 Å². The number of rotatable bonds is 0. The Morgan fingerprint density at radius 3 is 3.31 bits per heavy atom. The molecule has 64 valence electrons. The number of fused-ring (bicyclic) bond motifs is 2. The predicted octanol–water partition coefficient (Wildman–Crippen LogP) is 2.99. The first-order valence-corrected chi connectivity index (χ1v) is 4.79. The van der Waals surface area contributed by atoms with Crippen LogP contribution in [0.4, 0.5) is 10.8 Å². The molecule has 0 atom stereocenters. The van der Waals surface area contributed by atoms with Crippen molar-refractivity contribution < 1.29 is 4.74 Å². The molecule has 0 spiro atoms. The van der Waals surface area contributed by atoms with Crippen LogP contribution in [0.15, 0.2) is 29.8 Å². The number of hydrogen-bond acceptors (Lipinski definition) is 4. The highest BCUT2D eigenvalue weighted by molar-refractivity contribution is 7.14. The second-order valence-electron chi connectivity index (χ2n) is 2.69. The highest BCUT2D eigenvalue weighted by Crippen LogP contribution is 2.43. The van der Waals surface area contributed by atoms with E-state index in [0.29, 0.717) is 0 Å². The second-order valence-corrected chi connectivity index (χ2v) is 3.61. The summed E-state index contributed by atoms with van der Waals surface area (Å²) in [6.07, 6.45) is 1.74. The minimum atomic E-state index is 0.786. The van der Waals surface area contributed by atoms with E-state index in [1.165, 1.54) is 0 Å². The third-order valence-electron chi connectivity index (χ3n) is 1.85. The van der Waals surface area contributed by atoms with Gasteiger partial charge in [-0.2, -0.15) is 0 Å². The molecule has 0 unspecified atom stereocenters. The summed E-state index contributed by atoms with van der Waals surface area (Å²) in [6.45, 7) is 0. The zero-order valence-electron chi connectivity index (χ0n) is 6.65. The van der Waals surface area contributed by atoms with Crippen molar-refractivity contribution in [2.24, 2.45) is 0 Å². The summed E-state index contributed by atoms with van der Waals surface area (Å²) in [7, 11) is 0. The summed E-state index contributed by atoms with van der Waals surface area (Å²) in [4.78, 5) is 4.17. The van der Waals surface area contributed by atoms with Crippen LogP contribution in [0.5, 0.6) is 11.5 Å². The fourth-order valence-corrected chi connectivity index (χ4v) is 1.97. The van der Waals surface area contributed by atoms with Gasteiger partial charge in [-0.3, -0.25) is 0 Å². The molecule has 0 saturated heterocycles. The molecule has 0 radical (unpaired) electrons. The maximum absolute atomic E-state index is 5.60. The van der Waals surface area contributed by atoms with Crippen LogP contribution >= 0.6 is 11.3 Å². The molecule has 13 heavy (non-hydrogen) atoms. The molecule has 0 fully saturated rings. The van der Waals surface area contributed by atoms with E-state index < -0.39 is 0 Å². The molecule has 0 aromatic carbocycles. The molecule has 0 aliphatic carbocycles. The number of ether oxygens (including phenoxy) is 1. The van der Waals surface area contributed by atoms with Crippen molar-refractivity contribution in [1.82, 2.24) is 4.98 Å². The van der Waals surface area contributed by atoms with E-state index in [2.05, 4.69) is 10.3 Å². The largest absolute Gasteiger partial charge is 0.450 e. The molecule has 3 rings (SSSR count). The van der Waals surface area contributed by atoms with Gasteiger partial charge in [-0.15, -0.1) is 11.3 Å². The van der Waals surface area contributed by atoms with Gasteiger partial charge < -0.3 is 10.1 Å². The van der Waals surface area contributed by atoms with Crippen LogP contribution < -0.4 is 10.1 Å². The van der Waals surface area contributed by atoms with Crippen molar-refractivity contribution in [2.75, 3.05) is 5.32 Å². The van der Waals surface area contributed by atoms with Crippen molar-refractivity contribution in [3.8, 4) is 11.5 Å². The van der Waals surface area contributed by atoms with Crippen LogP contribution in [0.2, 0.25) is 0 Å².